The topological polar surface area (TPSA) is 63.0 Å². The Morgan fingerprint density at radius 2 is 1.24 bits per heavy atom. The van der Waals surface area contributed by atoms with Gasteiger partial charge in [-0.2, -0.15) is 0 Å². The van der Waals surface area contributed by atoms with E-state index in [4.69, 9.17) is 10.7 Å². The Morgan fingerprint density at radius 1 is 0.586 bits per heavy atom. The largest absolute Gasteiger partial charge is 0.399 e. The second-order valence-corrected chi connectivity index (χ2v) is 6.92. The number of nitrogens with one attached hydrogen (secondary N) is 2. The molecular weight excluding hydrogens is 356 g/mol. The van der Waals surface area contributed by atoms with Crippen LogP contribution in [0, 0.1) is 0 Å². The van der Waals surface area contributed by atoms with Crippen LogP contribution in [0.2, 0.25) is 0 Å². The van der Waals surface area contributed by atoms with Gasteiger partial charge in [0.05, 0.1) is 11.4 Å². The van der Waals surface area contributed by atoms with Gasteiger partial charge in [-0.1, -0.05) is 42.5 Å². The maximum atomic E-state index is 6.13. The summed E-state index contributed by atoms with van der Waals surface area (Å²) in [5, 5.41) is 6.37. The summed E-state index contributed by atoms with van der Waals surface area (Å²) in [7, 11) is 3.81. The van der Waals surface area contributed by atoms with Gasteiger partial charge in [0.15, 0.2) is 0 Å². The van der Waals surface area contributed by atoms with Crippen LogP contribution in [0.4, 0.5) is 17.1 Å². The van der Waals surface area contributed by atoms with Crippen molar-refractivity contribution in [2.75, 3.05) is 30.5 Å². The van der Waals surface area contributed by atoms with Gasteiger partial charge >= 0.3 is 0 Å². The van der Waals surface area contributed by atoms with Crippen LogP contribution < -0.4 is 16.4 Å². The number of nitrogen functional groups attached to an aromatic ring is 1. The van der Waals surface area contributed by atoms with E-state index in [0.29, 0.717) is 5.69 Å². The van der Waals surface area contributed by atoms with E-state index in [0.717, 1.165) is 45.0 Å². The summed E-state index contributed by atoms with van der Waals surface area (Å²) >= 11 is 0. The molecule has 0 saturated carbocycles. The fraction of sp³-hybridized carbons (Fsp3) is 0.0800. The first-order valence-corrected chi connectivity index (χ1v) is 9.60. The molecule has 0 aliphatic rings. The van der Waals surface area contributed by atoms with E-state index in [2.05, 4.69) is 65.2 Å². The van der Waals surface area contributed by atoms with Gasteiger partial charge in [-0.25, -0.2) is 4.98 Å². The summed E-state index contributed by atoms with van der Waals surface area (Å²) < 4.78 is 0. The molecule has 0 unspecified atom stereocenters. The average molecular weight is 380 g/mol. The van der Waals surface area contributed by atoms with Crippen molar-refractivity contribution in [2.45, 2.75) is 0 Å². The summed E-state index contributed by atoms with van der Waals surface area (Å²) in [6.07, 6.45) is 0. The van der Waals surface area contributed by atoms with Crippen LogP contribution in [0.1, 0.15) is 0 Å². The second kappa shape index (κ2) is 8.07. The zero-order chi connectivity index (χ0) is 20.2. The van der Waals surface area contributed by atoms with E-state index in [1.165, 1.54) is 0 Å². The van der Waals surface area contributed by atoms with Crippen LogP contribution in [0.15, 0.2) is 84.9 Å². The van der Waals surface area contributed by atoms with Crippen LogP contribution in [0.5, 0.6) is 0 Å². The van der Waals surface area contributed by atoms with Crippen molar-refractivity contribution < 1.29 is 0 Å². The van der Waals surface area contributed by atoms with Crippen molar-refractivity contribution in [1.82, 2.24) is 4.98 Å². The van der Waals surface area contributed by atoms with Gasteiger partial charge in [0, 0.05) is 42.3 Å². The van der Waals surface area contributed by atoms with Crippen molar-refractivity contribution in [1.29, 1.82) is 0 Å². The summed E-state index contributed by atoms with van der Waals surface area (Å²) in [5.41, 5.74) is 15.0. The van der Waals surface area contributed by atoms with Gasteiger partial charge in [0.1, 0.15) is 0 Å². The third kappa shape index (κ3) is 4.06. The van der Waals surface area contributed by atoms with E-state index in [1.807, 2.05) is 44.4 Å². The number of benzene rings is 3. The standard InChI is InChI=1S/C25H24N4/c1-27-22-10-6-9-18(12-22)24-14-19(17-7-4-3-5-8-17)15-25(29-24)20-11-21(26)16-23(13-20)28-2/h3-16,27-28H,26H2,1-2H3. The van der Waals surface area contributed by atoms with Gasteiger partial charge in [0.25, 0.3) is 0 Å². The predicted octanol–water partition coefficient (Wildman–Crippen LogP) is 5.75. The SMILES string of the molecule is CNc1cccc(-c2cc(-c3ccccc3)cc(-c3cc(N)cc(NC)c3)n2)c1. The van der Waals surface area contributed by atoms with Gasteiger partial charge in [-0.3, -0.25) is 0 Å². The molecule has 0 aliphatic heterocycles. The first-order valence-electron chi connectivity index (χ1n) is 9.60. The number of pyridine rings is 1. The third-order valence-electron chi connectivity index (χ3n) is 4.92. The van der Waals surface area contributed by atoms with Crippen molar-refractivity contribution in [3.8, 4) is 33.6 Å². The number of anilines is 3. The molecule has 4 heteroatoms. The van der Waals surface area contributed by atoms with E-state index < -0.39 is 0 Å². The maximum absolute atomic E-state index is 6.13. The molecule has 4 aromatic rings. The molecule has 0 fully saturated rings. The summed E-state index contributed by atoms with van der Waals surface area (Å²) in [4.78, 5) is 4.98. The third-order valence-corrected chi connectivity index (χ3v) is 4.92. The average Bonchev–Trinajstić information content (AvgIpc) is 2.79. The van der Waals surface area contributed by atoms with Crippen LogP contribution in [0.25, 0.3) is 33.6 Å². The zero-order valence-corrected chi connectivity index (χ0v) is 16.6. The molecular formula is C25H24N4. The van der Waals surface area contributed by atoms with Crippen molar-refractivity contribution in [3.63, 3.8) is 0 Å². The van der Waals surface area contributed by atoms with Crippen molar-refractivity contribution in [2.24, 2.45) is 0 Å². The molecule has 0 aliphatic carbocycles. The Bertz CT molecular complexity index is 1140. The lowest BCUT2D eigenvalue weighted by molar-refractivity contribution is 1.32. The molecule has 4 nitrogen and oxygen atoms in total. The van der Waals surface area contributed by atoms with Crippen LogP contribution in [-0.2, 0) is 0 Å². The molecule has 1 heterocycles. The molecule has 29 heavy (non-hydrogen) atoms. The molecule has 0 radical (unpaired) electrons. The molecule has 4 N–H and O–H groups in total. The van der Waals surface area contributed by atoms with E-state index in [-0.39, 0.29) is 0 Å². The van der Waals surface area contributed by atoms with Crippen molar-refractivity contribution >= 4 is 17.1 Å². The Labute approximate surface area is 171 Å². The molecule has 3 aromatic carbocycles. The van der Waals surface area contributed by atoms with Gasteiger partial charge < -0.3 is 16.4 Å². The van der Waals surface area contributed by atoms with Crippen LogP contribution in [0.3, 0.4) is 0 Å². The van der Waals surface area contributed by atoms with E-state index in [1.54, 1.807) is 0 Å². The minimum Gasteiger partial charge on any atom is -0.399 e. The summed E-state index contributed by atoms with van der Waals surface area (Å²) in [6.45, 7) is 0. The minimum absolute atomic E-state index is 0.706. The van der Waals surface area contributed by atoms with Gasteiger partial charge in [-0.05, 0) is 53.6 Å². The molecule has 1 aromatic heterocycles. The monoisotopic (exact) mass is 380 g/mol. The highest BCUT2D eigenvalue weighted by Crippen LogP contribution is 2.32. The Balaban J connectivity index is 1.92. The molecule has 0 atom stereocenters. The van der Waals surface area contributed by atoms with Gasteiger partial charge in [-0.15, -0.1) is 0 Å². The first kappa shape index (κ1) is 18.6. The minimum atomic E-state index is 0.706. The fourth-order valence-corrected chi connectivity index (χ4v) is 3.40. The lowest BCUT2D eigenvalue weighted by Gasteiger charge is -2.12. The predicted molar refractivity (Wildman–Crippen MR) is 124 cm³/mol. The maximum Gasteiger partial charge on any atom is 0.0717 e. The molecule has 0 bridgehead atoms. The molecule has 4 rings (SSSR count). The van der Waals surface area contributed by atoms with Crippen LogP contribution >= 0.6 is 0 Å². The van der Waals surface area contributed by atoms with E-state index >= 15 is 0 Å². The molecule has 144 valence electrons. The second-order valence-electron chi connectivity index (χ2n) is 6.92. The number of nitrogens with two attached hydrogens (primary N) is 1. The lowest BCUT2D eigenvalue weighted by Crippen LogP contribution is -1.96. The van der Waals surface area contributed by atoms with E-state index in [9.17, 15) is 0 Å². The van der Waals surface area contributed by atoms with Crippen LogP contribution in [-0.4, -0.2) is 19.1 Å². The number of nitrogens with zero attached hydrogens (tertiary/aromatic N) is 1. The number of hydrogen-bond donors (Lipinski definition) is 3. The molecule has 0 saturated heterocycles. The number of rotatable bonds is 5. The molecule has 0 spiro atoms. The Kier molecular flexibility index (Phi) is 5.16. The Morgan fingerprint density at radius 3 is 1.97 bits per heavy atom. The number of aromatic nitrogens is 1. The summed E-state index contributed by atoms with van der Waals surface area (Å²) in [6, 6.07) is 28.9. The highest BCUT2D eigenvalue weighted by molar-refractivity contribution is 5.79. The zero-order valence-electron chi connectivity index (χ0n) is 16.6. The fourth-order valence-electron chi connectivity index (χ4n) is 3.40. The van der Waals surface area contributed by atoms with Crippen molar-refractivity contribution in [3.05, 3.63) is 84.9 Å². The smallest absolute Gasteiger partial charge is 0.0717 e. The normalized spacial score (nSPS) is 10.6. The lowest BCUT2D eigenvalue weighted by atomic mass is 9.99. The highest BCUT2D eigenvalue weighted by atomic mass is 14.8. The Hall–Kier alpha value is -3.79. The van der Waals surface area contributed by atoms with Gasteiger partial charge in [0.2, 0.25) is 0 Å². The summed E-state index contributed by atoms with van der Waals surface area (Å²) in [5.74, 6) is 0. The quantitative estimate of drug-likeness (QED) is 0.386. The number of hydrogen-bond acceptors (Lipinski definition) is 4. The highest BCUT2D eigenvalue weighted by Gasteiger charge is 2.10. The molecule has 0 amide bonds. The first-order chi connectivity index (χ1) is 14.2.